The third-order valence-electron chi connectivity index (χ3n) is 2.43. The second-order valence-electron chi connectivity index (χ2n) is 3.77. The minimum atomic E-state index is 0.393. The zero-order valence-corrected chi connectivity index (χ0v) is 11.9. The average molecular weight is 323 g/mol. The second kappa shape index (κ2) is 5.43. The van der Waals surface area contributed by atoms with Crippen LogP contribution in [0.1, 0.15) is 11.1 Å². The molecule has 90 valence electrons. The molecule has 2 rings (SSSR count). The van der Waals surface area contributed by atoms with Gasteiger partial charge in [0.25, 0.3) is 0 Å². The summed E-state index contributed by atoms with van der Waals surface area (Å²) in [6, 6.07) is 12.8. The predicted molar refractivity (Wildman–Crippen MR) is 75.1 cm³/mol. The van der Waals surface area contributed by atoms with E-state index in [9.17, 15) is 0 Å². The first-order valence-corrected chi connectivity index (χ1v) is 6.41. The molecular formula is C14H9BrClNO. The van der Waals surface area contributed by atoms with E-state index >= 15 is 0 Å². The molecule has 0 atom stereocenters. The molecule has 0 fully saturated rings. The fraction of sp³-hybridized carbons (Fsp3) is 0.0714. The van der Waals surface area contributed by atoms with Crippen molar-refractivity contribution in [1.29, 1.82) is 5.26 Å². The largest absolute Gasteiger partial charge is 0.457 e. The summed E-state index contributed by atoms with van der Waals surface area (Å²) < 4.78 is 6.73. The van der Waals surface area contributed by atoms with Gasteiger partial charge in [-0.1, -0.05) is 27.5 Å². The molecule has 0 saturated carbocycles. The first-order chi connectivity index (χ1) is 8.60. The van der Waals surface area contributed by atoms with Crippen molar-refractivity contribution >= 4 is 27.5 Å². The van der Waals surface area contributed by atoms with Gasteiger partial charge in [-0.05, 0) is 42.8 Å². The minimum absolute atomic E-state index is 0.393. The van der Waals surface area contributed by atoms with E-state index in [0.717, 1.165) is 15.8 Å². The van der Waals surface area contributed by atoms with E-state index in [0.29, 0.717) is 16.3 Å². The van der Waals surface area contributed by atoms with Gasteiger partial charge in [-0.2, -0.15) is 5.26 Å². The zero-order valence-electron chi connectivity index (χ0n) is 9.58. The van der Waals surface area contributed by atoms with Crippen LogP contribution in [0.25, 0.3) is 0 Å². The number of hydrogen-bond donors (Lipinski definition) is 0. The first kappa shape index (κ1) is 12.9. The molecule has 2 nitrogen and oxygen atoms in total. The number of ether oxygens (including phenoxy) is 1. The molecule has 0 saturated heterocycles. The van der Waals surface area contributed by atoms with Crippen LogP contribution in [-0.4, -0.2) is 0 Å². The maximum atomic E-state index is 8.79. The van der Waals surface area contributed by atoms with Gasteiger partial charge in [0, 0.05) is 10.5 Å². The van der Waals surface area contributed by atoms with Crippen molar-refractivity contribution in [1.82, 2.24) is 0 Å². The fourth-order valence-electron chi connectivity index (χ4n) is 1.50. The molecule has 0 heterocycles. The lowest BCUT2D eigenvalue weighted by Crippen LogP contribution is -1.88. The summed E-state index contributed by atoms with van der Waals surface area (Å²) in [5, 5.41) is 9.19. The summed E-state index contributed by atoms with van der Waals surface area (Å²) in [5.41, 5.74) is 1.46. The molecule has 4 heteroatoms. The first-order valence-electron chi connectivity index (χ1n) is 5.24. The highest BCUT2D eigenvalue weighted by molar-refractivity contribution is 9.10. The van der Waals surface area contributed by atoms with Gasteiger partial charge >= 0.3 is 0 Å². The molecule has 0 amide bonds. The highest BCUT2D eigenvalue weighted by Crippen LogP contribution is 2.29. The molecule has 0 spiro atoms. The van der Waals surface area contributed by atoms with Crippen LogP contribution in [-0.2, 0) is 0 Å². The number of hydrogen-bond acceptors (Lipinski definition) is 2. The smallest absolute Gasteiger partial charge is 0.130 e. The van der Waals surface area contributed by atoms with Crippen LogP contribution >= 0.6 is 27.5 Å². The van der Waals surface area contributed by atoms with E-state index in [1.165, 1.54) is 0 Å². The Hall–Kier alpha value is -1.50. The van der Waals surface area contributed by atoms with E-state index in [1.807, 2.05) is 31.2 Å². The molecular weight excluding hydrogens is 314 g/mol. The zero-order chi connectivity index (χ0) is 13.1. The van der Waals surface area contributed by atoms with Crippen molar-refractivity contribution in [2.24, 2.45) is 0 Å². The van der Waals surface area contributed by atoms with Gasteiger partial charge in [-0.3, -0.25) is 0 Å². The van der Waals surface area contributed by atoms with Gasteiger partial charge < -0.3 is 4.74 Å². The summed E-state index contributed by atoms with van der Waals surface area (Å²) in [7, 11) is 0. The second-order valence-corrected chi connectivity index (χ2v) is 5.09. The third-order valence-corrected chi connectivity index (χ3v) is 3.23. The van der Waals surface area contributed by atoms with Gasteiger partial charge in [-0.25, -0.2) is 0 Å². The fourth-order valence-corrected chi connectivity index (χ4v) is 2.19. The van der Waals surface area contributed by atoms with Crippen LogP contribution in [0.3, 0.4) is 0 Å². The molecule has 2 aromatic carbocycles. The standard InChI is InChI=1S/C14H9BrClNO/c1-9-6-11(15)3-5-14(9)18-12-4-2-10(8-17)13(16)7-12/h2-7H,1H3. The van der Waals surface area contributed by atoms with E-state index in [1.54, 1.807) is 18.2 Å². The van der Waals surface area contributed by atoms with E-state index < -0.39 is 0 Å². The van der Waals surface area contributed by atoms with Crippen LogP contribution in [0, 0.1) is 18.3 Å². The summed E-state index contributed by atoms with van der Waals surface area (Å²) in [6.07, 6.45) is 0. The van der Waals surface area contributed by atoms with Crippen LogP contribution in [0.4, 0.5) is 0 Å². The Labute approximate surface area is 119 Å². The number of halogens is 2. The van der Waals surface area contributed by atoms with Gasteiger partial charge in [0.2, 0.25) is 0 Å². The predicted octanol–water partition coefficient (Wildman–Crippen LogP) is 5.07. The van der Waals surface area contributed by atoms with Crippen LogP contribution < -0.4 is 4.74 Å². The van der Waals surface area contributed by atoms with Gasteiger partial charge in [0.05, 0.1) is 10.6 Å². The lowest BCUT2D eigenvalue weighted by atomic mass is 10.2. The molecule has 0 aliphatic heterocycles. The van der Waals surface area contributed by atoms with Crippen molar-refractivity contribution in [3.8, 4) is 17.6 Å². The Morgan fingerprint density at radius 2 is 2.00 bits per heavy atom. The Balaban J connectivity index is 2.29. The average Bonchev–Trinajstić information content (AvgIpc) is 2.33. The van der Waals surface area contributed by atoms with Crippen molar-refractivity contribution in [3.05, 3.63) is 57.0 Å². The molecule has 0 N–H and O–H groups in total. The summed E-state index contributed by atoms with van der Waals surface area (Å²) in [5.74, 6) is 1.38. The minimum Gasteiger partial charge on any atom is -0.457 e. The molecule has 0 aliphatic rings. The van der Waals surface area contributed by atoms with Crippen molar-refractivity contribution in [2.45, 2.75) is 6.92 Å². The Morgan fingerprint density at radius 3 is 2.61 bits per heavy atom. The third kappa shape index (κ3) is 2.84. The number of rotatable bonds is 2. The number of benzene rings is 2. The lowest BCUT2D eigenvalue weighted by molar-refractivity contribution is 0.479. The van der Waals surface area contributed by atoms with Crippen LogP contribution in [0.2, 0.25) is 5.02 Å². The normalized spacial score (nSPS) is 9.89. The molecule has 18 heavy (non-hydrogen) atoms. The Bertz CT molecular complexity index is 634. The Morgan fingerprint density at radius 1 is 1.22 bits per heavy atom. The molecule has 0 bridgehead atoms. The molecule has 0 unspecified atom stereocenters. The molecule has 0 aliphatic carbocycles. The topological polar surface area (TPSA) is 33.0 Å². The van der Waals surface area contributed by atoms with Gasteiger partial charge in [0.1, 0.15) is 17.6 Å². The van der Waals surface area contributed by atoms with Crippen molar-refractivity contribution in [3.63, 3.8) is 0 Å². The maximum Gasteiger partial charge on any atom is 0.130 e. The molecule has 0 aromatic heterocycles. The summed E-state index contributed by atoms with van der Waals surface area (Å²) in [6.45, 7) is 1.96. The van der Waals surface area contributed by atoms with Crippen molar-refractivity contribution < 1.29 is 4.74 Å². The monoisotopic (exact) mass is 321 g/mol. The number of aryl methyl sites for hydroxylation is 1. The summed E-state index contributed by atoms with van der Waals surface area (Å²) in [4.78, 5) is 0. The quantitative estimate of drug-likeness (QED) is 0.773. The molecule has 2 aromatic rings. The highest BCUT2D eigenvalue weighted by Gasteiger charge is 2.05. The lowest BCUT2D eigenvalue weighted by Gasteiger charge is -2.09. The Kier molecular flexibility index (Phi) is 3.90. The molecule has 0 radical (unpaired) electrons. The van der Waals surface area contributed by atoms with Gasteiger partial charge in [0.15, 0.2) is 0 Å². The van der Waals surface area contributed by atoms with E-state index in [2.05, 4.69) is 15.9 Å². The highest BCUT2D eigenvalue weighted by atomic mass is 79.9. The van der Waals surface area contributed by atoms with Gasteiger partial charge in [-0.15, -0.1) is 0 Å². The number of nitrogens with zero attached hydrogens (tertiary/aromatic N) is 1. The van der Waals surface area contributed by atoms with E-state index in [-0.39, 0.29) is 0 Å². The van der Waals surface area contributed by atoms with E-state index in [4.69, 9.17) is 21.6 Å². The van der Waals surface area contributed by atoms with Crippen molar-refractivity contribution in [2.75, 3.05) is 0 Å². The van der Waals surface area contributed by atoms with Crippen LogP contribution in [0.5, 0.6) is 11.5 Å². The number of nitriles is 1. The summed E-state index contributed by atoms with van der Waals surface area (Å²) >= 11 is 9.35. The maximum absolute atomic E-state index is 8.79. The van der Waals surface area contributed by atoms with Crippen LogP contribution in [0.15, 0.2) is 40.9 Å². The SMILES string of the molecule is Cc1cc(Br)ccc1Oc1ccc(C#N)c(Cl)c1.